The Morgan fingerprint density at radius 1 is 0.776 bits per heavy atom. The second-order valence-corrected chi connectivity index (χ2v) is 15.1. The number of aliphatic hydroxyl groups is 1. The Kier molecular flexibility index (Phi) is 16.7. The topological polar surface area (TPSA) is 192 Å². The van der Waals surface area contributed by atoms with E-state index in [9.17, 15) is 29.1 Å². The molecule has 0 aromatic carbocycles. The Bertz CT molecular complexity index is 1100. The van der Waals surface area contributed by atoms with E-state index in [2.05, 4.69) is 21.3 Å². The van der Waals surface area contributed by atoms with Gasteiger partial charge in [0.2, 0.25) is 29.5 Å². The van der Waals surface area contributed by atoms with Crippen molar-refractivity contribution in [2.75, 3.05) is 20.2 Å². The minimum absolute atomic E-state index is 0.0855. The third kappa shape index (κ3) is 12.2. The maximum atomic E-state index is 14.5. The van der Waals surface area contributed by atoms with E-state index in [1.165, 1.54) is 6.92 Å². The number of hydrogen-bond acceptors (Lipinski definition) is 8. The molecule has 5 amide bonds. The van der Waals surface area contributed by atoms with Gasteiger partial charge in [0.1, 0.15) is 24.2 Å². The first-order valence-electron chi connectivity index (χ1n) is 18.8. The molecule has 8 atom stereocenters. The number of nitrogens with zero attached hydrogens (tertiary/aromatic N) is 1. The fraction of sp³-hybridized carbons (Fsp3) is 0.861. The molecule has 0 unspecified atom stereocenters. The number of aliphatic hydroxyl groups excluding tert-OH is 1. The van der Waals surface area contributed by atoms with Gasteiger partial charge in [-0.1, -0.05) is 71.6 Å². The van der Waals surface area contributed by atoms with Gasteiger partial charge in [-0.3, -0.25) is 24.0 Å². The number of rotatable bonds is 5. The second kappa shape index (κ2) is 20.2. The lowest BCUT2D eigenvalue weighted by atomic mass is 9.83. The van der Waals surface area contributed by atoms with Crippen LogP contribution >= 0.6 is 0 Å². The summed E-state index contributed by atoms with van der Waals surface area (Å²) in [5, 5.41) is 21.6. The van der Waals surface area contributed by atoms with Gasteiger partial charge in [0.25, 0.3) is 0 Å². The summed E-state index contributed by atoms with van der Waals surface area (Å²) in [6.45, 7) is 7.01. The van der Waals surface area contributed by atoms with Crippen LogP contribution < -0.4 is 27.0 Å². The Balaban J connectivity index is 2.05. The second-order valence-electron chi connectivity index (χ2n) is 15.1. The van der Waals surface area contributed by atoms with Crippen LogP contribution in [-0.4, -0.2) is 102 Å². The lowest BCUT2D eigenvalue weighted by molar-refractivity contribution is -0.148. The molecule has 0 aromatic heterocycles. The summed E-state index contributed by atoms with van der Waals surface area (Å²) < 4.78 is 6.44. The lowest BCUT2D eigenvalue weighted by Crippen LogP contribution is -2.62. The molecule has 3 fully saturated rings. The van der Waals surface area contributed by atoms with Gasteiger partial charge in [-0.2, -0.15) is 0 Å². The zero-order valence-corrected chi connectivity index (χ0v) is 30.5. The molecule has 0 aromatic rings. The third-order valence-electron chi connectivity index (χ3n) is 10.4. The summed E-state index contributed by atoms with van der Waals surface area (Å²) in [5.41, 5.74) is 5.95. The standard InChI is InChI=1S/C36H64N6O7/c1-22(2)19-28-33(45)41-31(25-15-11-10-12-16-25)35(47)39-27(20-37)32(44)40-30(24(4)43)34(46)38-23(3)21-49-29-18-14-9-7-6-8-13-17-26(29)36(48)42(28)5/h22-31,43H,6-21,37H2,1-5H3,(H,38,46)(H,39,47)(H,40,44)(H,41,45)/t23-,24+,26-,27+,28+,29-,30+,31+/m1/s1. The zero-order valence-electron chi connectivity index (χ0n) is 30.5. The van der Waals surface area contributed by atoms with E-state index >= 15 is 0 Å². The number of amides is 5. The van der Waals surface area contributed by atoms with Gasteiger partial charge >= 0.3 is 0 Å². The summed E-state index contributed by atoms with van der Waals surface area (Å²) in [6.07, 6.45) is 10.4. The van der Waals surface area contributed by atoms with Crippen LogP contribution in [0, 0.1) is 17.8 Å². The first kappa shape index (κ1) is 40.7. The van der Waals surface area contributed by atoms with Gasteiger partial charge in [-0.05, 0) is 57.8 Å². The van der Waals surface area contributed by atoms with Crippen LogP contribution in [0.25, 0.3) is 0 Å². The predicted molar refractivity (Wildman–Crippen MR) is 187 cm³/mol. The van der Waals surface area contributed by atoms with Crippen molar-refractivity contribution in [2.24, 2.45) is 23.5 Å². The maximum absolute atomic E-state index is 14.5. The highest BCUT2D eigenvalue weighted by molar-refractivity contribution is 5.96. The van der Waals surface area contributed by atoms with Gasteiger partial charge in [0.15, 0.2) is 0 Å². The molecule has 2 aliphatic carbocycles. The van der Waals surface area contributed by atoms with E-state index < -0.39 is 72.0 Å². The van der Waals surface area contributed by atoms with Crippen LogP contribution in [0.3, 0.4) is 0 Å². The Morgan fingerprint density at radius 3 is 1.98 bits per heavy atom. The Hall–Kier alpha value is -2.77. The zero-order chi connectivity index (χ0) is 36.1. The first-order valence-corrected chi connectivity index (χ1v) is 18.8. The van der Waals surface area contributed by atoms with E-state index in [1.54, 1.807) is 18.9 Å². The molecule has 0 spiro atoms. The van der Waals surface area contributed by atoms with E-state index in [4.69, 9.17) is 10.5 Å². The lowest BCUT2D eigenvalue weighted by Gasteiger charge is -2.37. The molecule has 3 rings (SSSR count). The fourth-order valence-corrected chi connectivity index (χ4v) is 7.50. The van der Waals surface area contributed by atoms with E-state index in [0.29, 0.717) is 19.3 Å². The summed E-state index contributed by atoms with van der Waals surface area (Å²) in [5.74, 6) is -3.01. The average molecular weight is 693 g/mol. The summed E-state index contributed by atoms with van der Waals surface area (Å²) >= 11 is 0. The summed E-state index contributed by atoms with van der Waals surface area (Å²) in [6, 6.07) is -4.80. The number of likely N-dealkylation sites (N-methyl/N-ethyl adjacent to an activating group) is 1. The fourth-order valence-electron chi connectivity index (χ4n) is 7.50. The highest BCUT2D eigenvalue weighted by Gasteiger charge is 2.40. The normalized spacial score (nSPS) is 32.4. The van der Waals surface area contributed by atoms with Gasteiger partial charge in [-0.25, -0.2) is 0 Å². The molecule has 7 N–H and O–H groups in total. The predicted octanol–water partition coefficient (Wildman–Crippen LogP) is 1.89. The molecular formula is C36H64N6O7. The van der Waals surface area contributed by atoms with Crippen molar-refractivity contribution in [2.45, 2.75) is 160 Å². The SMILES string of the molecule is CC(C)C[C@H]1C(=O)N[C@@H](C2CCCCC2)C(=O)N[C@@H](CN)C(=O)N[C@@H]([C@H](C)O)C(=O)N[C@H](C)CO[C@@H]2CCCCCCCC[C@H]2C(=O)N1C. The van der Waals surface area contributed by atoms with Crippen LogP contribution in [0.15, 0.2) is 0 Å². The molecule has 0 radical (unpaired) electrons. The highest BCUT2D eigenvalue weighted by Crippen LogP contribution is 2.29. The molecular weight excluding hydrogens is 628 g/mol. The third-order valence-corrected chi connectivity index (χ3v) is 10.4. The van der Waals surface area contributed by atoms with Crippen LogP contribution in [-0.2, 0) is 28.7 Å². The van der Waals surface area contributed by atoms with Gasteiger partial charge in [0.05, 0.1) is 24.7 Å². The van der Waals surface area contributed by atoms with Crippen molar-refractivity contribution in [1.29, 1.82) is 0 Å². The van der Waals surface area contributed by atoms with Gasteiger partial charge in [-0.15, -0.1) is 0 Å². The number of carbonyl (C=O) groups is 5. The van der Waals surface area contributed by atoms with E-state index in [-0.39, 0.29) is 30.9 Å². The number of carbonyl (C=O) groups excluding carboxylic acids is 5. The van der Waals surface area contributed by atoms with Crippen LogP contribution in [0.4, 0.5) is 0 Å². The minimum atomic E-state index is -1.31. The Morgan fingerprint density at radius 2 is 1.37 bits per heavy atom. The van der Waals surface area contributed by atoms with Crippen LogP contribution in [0.2, 0.25) is 0 Å². The van der Waals surface area contributed by atoms with Crippen molar-refractivity contribution in [1.82, 2.24) is 26.2 Å². The average Bonchev–Trinajstić information content (AvgIpc) is 3.07. The molecule has 0 bridgehead atoms. The molecule has 13 heteroatoms. The molecule has 280 valence electrons. The molecule has 1 heterocycles. The smallest absolute Gasteiger partial charge is 0.245 e. The molecule has 2 saturated carbocycles. The minimum Gasteiger partial charge on any atom is -0.391 e. The molecule has 1 aliphatic heterocycles. The number of nitrogens with two attached hydrogens (primary N) is 1. The number of ether oxygens (including phenoxy) is 1. The number of fused-ring (bicyclic) bond motifs is 1. The molecule has 13 nitrogen and oxygen atoms in total. The first-order chi connectivity index (χ1) is 23.3. The number of nitrogens with one attached hydrogen (secondary N) is 4. The molecule has 1 saturated heterocycles. The quantitative estimate of drug-likeness (QED) is 0.252. The number of hydrogen-bond donors (Lipinski definition) is 6. The van der Waals surface area contributed by atoms with Crippen molar-refractivity contribution < 1.29 is 33.8 Å². The monoisotopic (exact) mass is 692 g/mol. The van der Waals surface area contributed by atoms with Crippen molar-refractivity contribution in [3.8, 4) is 0 Å². The summed E-state index contributed by atoms with van der Waals surface area (Å²) in [4.78, 5) is 70.9. The molecule has 49 heavy (non-hydrogen) atoms. The van der Waals surface area contributed by atoms with Gasteiger partial charge in [0, 0.05) is 19.6 Å². The molecule has 3 aliphatic rings. The van der Waals surface area contributed by atoms with Crippen molar-refractivity contribution in [3.63, 3.8) is 0 Å². The van der Waals surface area contributed by atoms with Crippen molar-refractivity contribution in [3.05, 3.63) is 0 Å². The maximum Gasteiger partial charge on any atom is 0.245 e. The van der Waals surface area contributed by atoms with Crippen molar-refractivity contribution >= 4 is 29.5 Å². The van der Waals surface area contributed by atoms with E-state index in [0.717, 1.165) is 70.6 Å². The van der Waals surface area contributed by atoms with E-state index in [1.807, 2.05) is 13.8 Å². The summed E-state index contributed by atoms with van der Waals surface area (Å²) in [7, 11) is 1.68. The van der Waals surface area contributed by atoms with Gasteiger partial charge < -0.3 is 41.7 Å². The van der Waals surface area contributed by atoms with Crippen LogP contribution in [0.1, 0.15) is 118 Å². The van der Waals surface area contributed by atoms with Crippen LogP contribution in [0.5, 0.6) is 0 Å². The largest absolute Gasteiger partial charge is 0.391 e. The Labute approximate surface area is 293 Å². The highest BCUT2D eigenvalue weighted by atomic mass is 16.5.